The van der Waals surface area contributed by atoms with E-state index in [1.54, 1.807) is 6.07 Å². The molecule has 19 heavy (non-hydrogen) atoms. The molecule has 1 atom stereocenters. The Morgan fingerprint density at radius 2 is 2.21 bits per heavy atom. The van der Waals surface area contributed by atoms with Crippen molar-refractivity contribution < 1.29 is 13.9 Å². The summed E-state index contributed by atoms with van der Waals surface area (Å²) in [6.07, 6.45) is 2.89. The van der Waals surface area contributed by atoms with Crippen LogP contribution < -0.4 is 4.74 Å². The van der Waals surface area contributed by atoms with Gasteiger partial charge in [-0.1, -0.05) is 0 Å². The van der Waals surface area contributed by atoms with Crippen molar-refractivity contribution in [2.75, 3.05) is 33.4 Å². The standard InChI is InChI=1S/C15H20FNO2/c1-17-7-8-18-11(9-17)10-19-15-6-5-14(16)12-3-2-4-13(12)15/h5-6,11H,2-4,7-10H2,1H3. The van der Waals surface area contributed by atoms with Crippen molar-refractivity contribution in [3.8, 4) is 5.75 Å². The van der Waals surface area contributed by atoms with Gasteiger partial charge in [0.25, 0.3) is 0 Å². The molecular formula is C15H20FNO2. The third-order valence-electron chi connectivity index (χ3n) is 3.95. The Kier molecular flexibility index (Phi) is 3.71. The van der Waals surface area contributed by atoms with Gasteiger partial charge in [0.2, 0.25) is 0 Å². The summed E-state index contributed by atoms with van der Waals surface area (Å²) in [5, 5.41) is 0. The van der Waals surface area contributed by atoms with Crippen molar-refractivity contribution in [1.82, 2.24) is 4.90 Å². The number of morpholine rings is 1. The van der Waals surface area contributed by atoms with Crippen molar-refractivity contribution in [2.24, 2.45) is 0 Å². The number of likely N-dealkylation sites (N-methyl/N-ethyl adjacent to an activating group) is 1. The first-order chi connectivity index (χ1) is 9.24. The minimum Gasteiger partial charge on any atom is -0.491 e. The molecule has 1 aliphatic carbocycles. The van der Waals surface area contributed by atoms with Gasteiger partial charge in [0, 0.05) is 18.7 Å². The first-order valence-electron chi connectivity index (χ1n) is 6.97. The molecule has 3 rings (SSSR count). The molecule has 4 heteroatoms. The van der Waals surface area contributed by atoms with Gasteiger partial charge in [0.05, 0.1) is 6.61 Å². The van der Waals surface area contributed by atoms with Crippen LogP contribution in [0.1, 0.15) is 17.5 Å². The Bertz CT molecular complexity index is 464. The van der Waals surface area contributed by atoms with Gasteiger partial charge in [-0.3, -0.25) is 0 Å². The number of ether oxygens (including phenoxy) is 2. The second-order valence-corrected chi connectivity index (χ2v) is 5.42. The molecule has 0 aromatic heterocycles. The molecule has 0 saturated carbocycles. The van der Waals surface area contributed by atoms with Gasteiger partial charge in [-0.2, -0.15) is 0 Å². The minimum absolute atomic E-state index is 0.0894. The lowest BCUT2D eigenvalue weighted by atomic mass is 10.1. The highest BCUT2D eigenvalue weighted by Crippen LogP contribution is 2.32. The largest absolute Gasteiger partial charge is 0.491 e. The van der Waals surface area contributed by atoms with Crippen LogP contribution in [0.3, 0.4) is 0 Å². The fourth-order valence-electron chi connectivity index (χ4n) is 2.91. The monoisotopic (exact) mass is 265 g/mol. The van der Waals surface area contributed by atoms with Crippen LogP contribution in [-0.2, 0) is 17.6 Å². The summed E-state index contributed by atoms with van der Waals surface area (Å²) in [6, 6.07) is 3.28. The molecule has 0 bridgehead atoms. The van der Waals surface area contributed by atoms with Crippen molar-refractivity contribution in [2.45, 2.75) is 25.4 Å². The van der Waals surface area contributed by atoms with Crippen LogP contribution in [0.2, 0.25) is 0 Å². The molecule has 0 radical (unpaired) electrons. The van der Waals surface area contributed by atoms with Crippen molar-refractivity contribution in [1.29, 1.82) is 0 Å². The van der Waals surface area contributed by atoms with Crippen LogP contribution in [0.25, 0.3) is 0 Å². The van der Waals surface area contributed by atoms with Gasteiger partial charge in [0.15, 0.2) is 0 Å². The SMILES string of the molecule is CN1CCOC(COc2ccc(F)c3c2CCC3)C1. The van der Waals surface area contributed by atoms with E-state index in [9.17, 15) is 4.39 Å². The molecule has 1 heterocycles. The van der Waals surface area contributed by atoms with E-state index in [0.29, 0.717) is 6.61 Å². The summed E-state index contributed by atoms with van der Waals surface area (Å²) in [5.41, 5.74) is 1.91. The number of hydrogen-bond acceptors (Lipinski definition) is 3. The molecule has 1 unspecified atom stereocenters. The van der Waals surface area contributed by atoms with Crippen LogP contribution in [-0.4, -0.2) is 44.4 Å². The van der Waals surface area contributed by atoms with E-state index in [0.717, 1.165) is 55.8 Å². The summed E-state index contributed by atoms with van der Waals surface area (Å²) in [6.45, 7) is 3.17. The van der Waals surface area contributed by atoms with Crippen LogP contribution >= 0.6 is 0 Å². The number of halogens is 1. The number of benzene rings is 1. The van der Waals surface area contributed by atoms with E-state index in [-0.39, 0.29) is 11.9 Å². The van der Waals surface area contributed by atoms with Crippen LogP contribution in [0.5, 0.6) is 5.75 Å². The van der Waals surface area contributed by atoms with Crippen LogP contribution in [0, 0.1) is 5.82 Å². The van der Waals surface area contributed by atoms with Crippen LogP contribution in [0.4, 0.5) is 4.39 Å². The average molecular weight is 265 g/mol. The number of nitrogens with zero attached hydrogens (tertiary/aromatic N) is 1. The minimum atomic E-state index is -0.0894. The van der Waals surface area contributed by atoms with Gasteiger partial charge < -0.3 is 14.4 Å². The quantitative estimate of drug-likeness (QED) is 0.834. The van der Waals surface area contributed by atoms with Gasteiger partial charge in [-0.05, 0) is 44.0 Å². The summed E-state index contributed by atoms with van der Waals surface area (Å²) in [4.78, 5) is 2.24. The third kappa shape index (κ3) is 2.74. The Morgan fingerprint density at radius 3 is 3.05 bits per heavy atom. The molecule has 0 spiro atoms. The first kappa shape index (κ1) is 12.9. The molecule has 104 valence electrons. The van der Waals surface area contributed by atoms with Crippen LogP contribution in [0.15, 0.2) is 12.1 Å². The van der Waals surface area contributed by atoms with Gasteiger partial charge in [-0.15, -0.1) is 0 Å². The van der Waals surface area contributed by atoms with E-state index in [2.05, 4.69) is 11.9 Å². The maximum absolute atomic E-state index is 13.6. The zero-order valence-corrected chi connectivity index (χ0v) is 11.3. The predicted octanol–water partition coefficient (Wildman–Crippen LogP) is 2.02. The number of fused-ring (bicyclic) bond motifs is 1. The molecule has 2 aliphatic rings. The molecule has 0 N–H and O–H groups in total. The van der Waals surface area contributed by atoms with Gasteiger partial charge in [0.1, 0.15) is 24.3 Å². The second kappa shape index (κ2) is 5.47. The van der Waals surface area contributed by atoms with Gasteiger partial charge in [-0.25, -0.2) is 4.39 Å². The average Bonchev–Trinajstić information content (AvgIpc) is 2.88. The maximum Gasteiger partial charge on any atom is 0.126 e. The third-order valence-corrected chi connectivity index (χ3v) is 3.95. The lowest BCUT2D eigenvalue weighted by Gasteiger charge is -2.30. The lowest BCUT2D eigenvalue weighted by Crippen LogP contribution is -2.42. The van der Waals surface area contributed by atoms with E-state index in [4.69, 9.17) is 9.47 Å². The van der Waals surface area contributed by atoms with E-state index >= 15 is 0 Å². The zero-order chi connectivity index (χ0) is 13.2. The first-order valence-corrected chi connectivity index (χ1v) is 6.97. The van der Waals surface area contributed by atoms with E-state index < -0.39 is 0 Å². The van der Waals surface area contributed by atoms with E-state index in [1.165, 1.54) is 6.07 Å². The lowest BCUT2D eigenvalue weighted by molar-refractivity contribution is -0.0404. The molecule has 0 amide bonds. The molecule has 1 aromatic carbocycles. The molecule has 1 fully saturated rings. The normalized spacial score (nSPS) is 23.4. The van der Waals surface area contributed by atoms with Gasteiger partial charge >= 0.3 is 0 Å². The molecule has 1 aromatic rings. The Morgan fingerprint density at radius 1 is 1.37 bits per heavy atom. The predicted molar refractivity (Wildman–Crippen MR) is 71.2 cm³/mol. The fourth-order valence-corrected chi connectivity index (χ4v) is 2.91. The Hall–Kier alpha value is -1.13. The number of hydrogen-bond donors (Lipinski definition) is 0. The molecular weight excluding hydrogens is 245 g/mol. The van der Waals surface area contributed by atoms with Crippen molar-refractivity contribution in [3.63, 3.8) is 0 Å². The van der Waals surface area contributed by atoms with E-state index in [1.807, 2.05) is 0 Å². The highest BCUT2D eigenvalue weighted by Gasteiger charge is 2.22. The second-order valence-electron chi connectivity index (χ2n) is 5.42. The topological polar surface area (TPSA) is 21.7 Å². The Labute approximate surface area is 113 Å². The highest BCUT2D eigenvalue weighted by molar-refractivity contribution is 5.43. The molecule has 1 aliphatic heterocycles. The maximum atomic E-state index is 13.6. The summed E-state index contributed by atoms with van der Waals surface area (Å²) in [5.74, 6) is 0.749. The fraction of sp³-hybridized carbons (Fsp3) is 0.600. The summed E-state index contributed by atoms with van der Waals surface area (Å²) in [7, 11) is 2.09. The zero-order valence-electron chi connectivity index (χ0n) is 11.3. The van der Waals surface area contributed by atoms with Crippen molar-refractivity contribution >= 4 is 0 Å². The smallest absolute Gasteiger partial charge is 0.126 e. The van der Waals surface area contributed by atoms with Crippen molar-refractivity contribution in [3.05, 3.63) is 29.1 Å². The summed E-state index contributed by atoms with van der Waals surface area (Å²) >= 11 is 0. The summed E-state index contributed by atoms with van der Waals surface area (Å²) < 4.78 is 25.2. The molecule has 1 saturated heterocycles. The number of rotatable bonds is 3. The Balaban J connectivity index is 1.66. The molecule has 3 nitrogen and oxygen atoms in total. The highest BCUT2D eigenvalue weighted by atomic mass is 19.1.